The number of hydrogen-bond acceptors (Lipinski definition) is 10. The van der Waals surface area contributed by atoms with Crippen molar-refractivity contribution in [1.82, 2.24) is 4.98 Å². The van der Waals surface area contributed by atoms with Crippen molar-refractivity contribution in [3.8, 4) is 5.75 Å². The molecule has 0 radical (unpaired) electrons. The molecule has 13 heteroatoms. The molecule has 11 nitrogen and oxygen atoms in total. The fraction of sp³-hybridized carbons (Fsp3) is 0.200. The van der Waals surface area contributed by atoms with Crippen molar-refractivity contribution in [3.05, 3.63) is 114 Å². The fourth-order valence-electron chi connectivity index (χ4n) is 5.33. The summed E-state index contributed by atoms with van der Waals surface area (Å²) in [6.07, 6.45) is 0. The Bertz CT molecular complexity index is 1800. The summed E-state index contributed by atoms with van der Waals surface area (Å²) >= 11 is 1.99. The van der Waals surface area contributed by atoms with Gasteiger partial charge in [0.2, 0.25) is 11.8 Å². The first-order valence-electron chi connectivity index (χ1n) is 13.3. The van der Waals surface area contributed by atoms with Gasteiger partial charge in [-0.25, -0.2) is 9.69 Å². The number of carbonyl (C=O) groups is 3. The highest BCUT2D eigenvalue weighted by molar-refractivity contribution is 8.00. The van der Waals surface area contributed by atoms with E-state index in [9.17, 15) is 29.3 Å². The minimum atomic E-state index is -0.984. The van der Waals surface area contributed by atoms with Crippen LogP contribution in [0, 0.1) is 16.0 Å². The molecule has 1 fully saturated rings. The van der Waals surface area contributed by atoms with E-state index >= 15 is 0 Å². The molecule has 2 amide bonds. The molecule has 4 aromatic rings. The van der Waals surface area contributed by atoms with E-state index in [-0.39, 0.29) is 35.0 Å². The van der Waals surface area contributed by atoms with Crippen LogP contribution in [0.25, 0.3) is 0 Å². The number of nitro benzene ring substituents is 1. The molecule has 0 aliphatic carbocycles. The second kappa shape index (κ2) is 11.5. The van der Waals surface area contributed by atoms with Crippen LogP contribution < -0.4 is 14.5 Å². The third-order valence-electron chi connectivity index (χ3n) is 7.24. The maximum atomic E-state index is 14.1. The maximum absolute atomic E-state index is 14.1. The largest absolute Gasteiger partial charge is 0.489 e. The Labute approximate surface area is 252 Å². The first-order chi connectivity index (χ1) is 20.8. The minimum absolute atomic E-state index is 0.156. The molecule has 3 aromatic carbocycles. The van der Waals surface area contributed by atoms with Crippen molar-refractivity contribution >= 4 is 52.3 Å². The zero-order valence-corrected chi connectivity index (χ0v) is 24.2. The summed E-state index contributed by atoms with van der Waals surface area (Å²) in [6.45, 7) is 2.05. The molecule has 3 atom stereocenters. The third-order valence-corrected chi connectivity index (χ3v) is 9.64. The van der Waals surface area contributed by atoms with Gasteiger partial charge in [-0.3, -0.25) is 24.5 Å². The number of anilines is 1. The van der Waals surface area contributed by atoms with Gasteiger partial charge in [-0.2, -0.15) is 0 Å². The lowest BCUT2D eigenvalue weighted by atomic mass is 9.82. The number of H-pyrrole nitrogens is 1. The van der Waals surface area contributed by atoms with E-state index in [0.717, 1.165) is 33.6 Å². The predicted octanol–water partition coefficient (Wildman–Crippen LogP) is 4.90. The van der Waals surface area contributed by atoms with Crippen LogP contribution in [0.2, 0.25) is 0 Å². The number of carbonyl (C=O) groups excluding carboxylic acids is 3. The van der Waals surface area contributed by atoms with Crippen LogP contribution in [-0.4, -0.2) is 39.5 Å². The Balaban J connectivity index is 1.43. The molecule has 218 valence electrons. The molecule has 0 saturated carbocycles. The molecule has 0 bridgehead atoms. The summed E-state index contributed by atoms with van der Waals surface area (Å²) in [5.74, 6) is -3.11. The number of rotatable bonds is 8. The molecule has 43 heavy (non-hydrogen) atoms. The van der Waals surface area contributed by atoms with Crippen molar-refractivity contribution < 1.29 is 28.8 Å². The molecular formula is C30H23N3O8S2. The van der Waals surface area contributed by atoms with E-state index in [1.165, 1.54) is 42.5 Å². The average molecular weight is 618 g/mol. The molecule has 3 unspecified atom stereocenters. The average Bonchev–Trinajstić information content (AvgIpc) is 3.50. The van der Waals surface area contributed by atoms with Gasteiger partial charge in [0.25, 0.3) is 5.69 Å². The molecule has 2 aliphatic heterocycles. The van der Waals surface area contributed by atoms with Gasteiger partial charge in [0, 0.05) is 28.5 Å². The Kier molecular flexibility index (Phi) is 7.59. The first-order valence-corrected chi connectivity index (χ1v) is 15.0. The summed E-state index contributed by atoms with van der Waals surface area (Å²) in [5, 5.41) is 11.3. The SMILES string of the molecule is CCOC(=O)c1ccc(N2C(=O)C3Sc4[nH]c(=O)sc4C(c4cc([N+](=O)[O-])ccc4OCc4ccccc4)C3C2=O)cc1. The summed E-state index contributed by atoms with van der Waals surface area (Å²) in [6, 6.07) is 19.4. The molecule has 6 rings (SSSR count). The van der Waals surface area contributed by atoms with E-state index in [1.54, 1.807) is 6.92 Å². The summed E-state index contributed by atoms with van der Waals surface area (Å²) < 4.78 is 11.2. The molecule has 2 aliphatic rings. The van der Waals surface area contributed by atoms with Gasteiger partial charge in [0.05, 0.1) is 33.7 Å². The topological polar surface area (TPSA) is 149 Å². The number of aromatic amines is 1. The number of ether oxygens (including phenoxy) is 2. The van der Waals surface area contributed by atoms with Crippen LogP contribution in [0.1, 0.15) is 39.2 Å². The molecule has 1 saturated heterocycles. The number of fused-ring (bicyclic) bond motifs is 2. The number of thioether (sulfide) groups is 1. The maximum Gasteiger partial charge on any atom is 0.338 e. The Morgan fingerprint density at radius 2 is 1.77 bits per heavy atom. The number of amides is 2. The highest BCUT2D eigenvalue weighted by Crippen LogP contribution is 2.55. The second-order valence-corrected chi connectivity index (χ2v) is 11.9. The number of nitro groups is 1. The van der Waals surface area contributed by atoms with E-state index in [1.807, 2.05) is 30.3 Å². The summed E-state index contributed by atoms with van der Waals surface area (Å²) in [5.41, 5.74) is 1.52. The summed E-state index contributed by atoms with van der Waals surface area (Å²) in [4.78, 5) is 67.8. The van der Waals surface area contributed by atoms with Gasteiger partial charge in [-0.05, 0) is 42.8 Å². The normalized spacial score (nSPS) is 19.1. The van der Waals surface area contributed by atoms with Gasteiger partial charge in [-0.15, -0.1) is 0 Å². The van der Waals surface area contributed by atoms with Crippen molar-refractivity contribution in [2.75, 3.05) is 11.5 Å². The standard InChI is InChI=1S/C30H23N3O8S2/c1-2-40-29(36)17-8-10-18(11-9-17)32-27(34)23-22(24-26(31-30(37)43-24)42-25(23)28(32)35)20-14-19(33(38)39)12-13-21(20)41-15-16-6-4-3-5-7-16/h3-14,22-23,25H,2,15H2,1H3,(H,31,37). The number of benzene rings is 3. The van der Waals surface area contributed by atoms with E-state index in [4.69, 9.17) is 9.47 Å². The number of esters is 1. The van der Waals surface area contributed by atoms with Crippen molar-refractivity contribution in [2.24, 2.45) is 5.92 Å². The smallest absolute Gasteiger partial charge is 0.338 e. The Hall–Kier alpha value is -4.75. The number of thiazole rings is 1. The van der Waals surface area contributed by atoms with Gasteiger partial charge < -0.3 is 14.5 Å². The van der Waals surface area contributed by atoms with Gasteiger partial charge in [0.15, 0.2) is 0 Å². The minimum Gasteiger partial charge on any atom is -0.489 e. The Morgan fingerprint density at radius 1 is 1.02 bits per heavy atom. The molecule has 0 spiro atoms. The number of imide groups is 1. The monoisotopic (exact) mass is 617 g/mol. The number of nitrogens with zero attached hydrogens (tertiary/aromatic N) is 2. The number of non-ortho nitro benzene ring substituents is 1. The van der Waals surface area contributed by atoms with Crippen LogP contribution >= 0.6 is 23.1 Å². The quantitative estimate of drug-likeness (QED) is 0.126. The Morgan fingerprint density at radius 3 is 2.47 bits per heavy atom. The van der Waals surface area contributed by atoms with Crippen LogP contribution in [0.3, 0.4) is 0 Å². The lowest BCUT2D eigenvalue weighted by molar-refractivity contribution is -0.385. The van der Waals surface area contributed by atoms with Gasteiger partial charge >= 0.3 is 10.8 Å². The predicted molar refractivity (Wildman–Crippen MR) is 159 cm³/mol. The molecule has 3 heterocycles. The van der Waals surface area contributed by atoms with Gasteiger partial charge in [0.1, 0.15) is 17.6 Å². The van der Waals surface area contributed by atoms with Crippen molar-refractivity contribution in [1.29, 1.82) is 0 Å². The number of nitrogens with one attached hydrogen (secondary N) is 1. The molecule has 1 N–H and O–H groups in total. The van der Waals surface area contributed by atoms with Crippen molar-refractivity contribution in [2.45, 2.75) is 29.7 Å². The lowest BCUT2D eigenvalue weighted by Crippen LogP contribution is -2.32. The van der Waals surface area contributed by atoms with Crippen LogP contribution in [-0.2, 0) is 20.9 Å². The highest BCUT2D eigenvalue weighted by atomic mass is 32.2. The zero-order chi connectivity index (χ0) is 30.2. The first kappa shape index (κ1) is 28.4. The fourth-order valence-corrected chi connectivity index (χ4v) is 7.83. The van der Waals surface area contributed by atoms with Gasteiger partial charge in [-0.1, -0.05) is 53.4 Å². The molecular weight excluding hydrogens is 594 g/mol. The van der Waals surface area contributed by atoms with E-state index in [0.29, 0.717) is 21.2 Å². The highest BCUT2D eigenvalue weighted by Gasteiger charge is 2.57. The molecule has 1 aromatic heterocycles. The van der Waals surface area contributed by atoms with Crippen LogP contribution in [0.4, 0.5) is 11.4 Å². The van der Waals surface area contributed by atoms with E-state index in [2.05, 4.69) is 4.98 Å². The number of hydrogen-bond donors (Lipinski definition) is 1. The van der Waals surface area contributed by atoms with E-state index < -0.39 is 39.8 Å². The number of aromatic nitrogens is 1. The van der Waals surface area contributed by atoms with Crippen molar-refractivity contribution in [3.63, 3.8) is 0 Å². The van der Waals surface area contributed by atoms with Crippen LogP contribution in [0.5, 0.6) is 5.75 Å². The van der Waals surface area contributed by atoms with Crippen LogP contribution in [0.15, 0.2) is 82.6 Å². The zero-order valence-electron chi connectivity index (χ0n) is 22.6. The second-order valence-electron chi connectivity index (χ2n) is 9.78. The summed E-state index contributed by atoms with van der Waals surface area (Å²) in [7, 11) is 0. The third kappa shape index (κ3) is 5.21. The lowest BCUT2D eigenvalue weighted by Gasteiger charge is -2.30.